The van der Waals surface area contributed by atoms with Gasteiger partial charge in [-0.15, -0.1) is 0 Å². The molecule has 0 saturated carbocycles. The monoisotopic (exact) mass is 248 g/mol. The first-order chi connectivity index (χ1) is 8.54. The average Bonchev–Trinajstić information content (AvgIpc) is 2.39. The predicted octanol–water partition coefficient (Wildman–Crippen LogP) is 2.34. The Morgan fingerprint density at radius 1 is 1.61 bits per heavy atom. The molecule has 0 amide bonds. The van der Waals surface area contributed by atoms with E-state index in [4.69, 9.17) is 10.00 Å². The Kier molecular flexibility index (Phi) is 4.38. The molecule has 0 aliphatic carbocycles. The van der Waals surface area contributed by atoms with Gasteiger partial charge in [0, 0.05) is 11.6 Å². The Morgan fingerprint density at radius 3 is 2.72 bits per heavy atom. The van der Waals surface area contributed by atoms with Gasteiger partial charge in [-0.3, -0.25) is 14.9 Å². The third-order valence-electron chi connectivity index (χ3n) is 2.54. The fourth-order valence-electron chi connectivity index (χ4n) is 1.52. The van der Waals surface area contributed by atoms with E-state index in [0.29, 0.717) is 6.42 Å². The number of methoxy groups -OCH3 is 1. The summed E-state index contributed by atoms with van der Waals surface area (Å²) < 4.78 is 4.87. The standard InChI is InChI=1S/C12H12N2O4/c1-3-8(7-13)12(15)9-4-5-10(14(16)17)11(6-9)18-2/h4-6,8H,3H2,1-2H3. The highest BCUT2D eigenvalue weighted by Gasteiger charge is 2.21. The fraction of sp³-hybridized carbons (Fsp3) is 0.333. The van der Waals surface area contributed by atoms with Gasteiger partial charge in [0.1, 0.15) is 5.92 Å². The molecule has 0 fully saturated rings. The first-order valence-corrected chi connectivity index (χ1v) is 5.31. The molecule has 94 valence electrons. The van der Waals surface area contributed by atoms with Gasteiger partial charge in [0.2, 0.25) is 0 Å². The molecule has 0 bridgehead atoms. The Hall–Kier alpha value is -2.42. The van der Waals surface area contributed by atoms with Crippen molar-refractivity contribution in [2.24, 2.45) is 5.92 Å². The van der Waals surface area contributed by atoms with Crippen LogP contribution in [-0.2, 0) is 0 Å². The largest absolute Gasteiger partial charge is 0.490 e. The summed E-state index contributed by atoms with van der Waals surface area (Å²) in [6, 6.07) is 5.73. The molecule has 1 rings (SSSR count). The van der Waals surface area contributed by atoms with Crippen LogP contribution >= 0.6 is 0 Å². The molecule has 0 spiro atoms. The Morgan fingerprint density at radius 2 is 2.28 bits per heavy atom. The normalized spacial score (nSPS) is 11.4. The Bertz CT molecular complexity index is 519. The average molecular weight is 248 g/mol. The van der Waals surface area contributed by atoms with Gasteiger partial charge in [0.25, 0.3) is 0 Å². The number of ether oxygens (including phenoxy) is 1. The maximum absolute atomic E-state index is 11.9. The Labute approximate surface area is 104 Å². The first kappa shape index (κ1) is 13.6. The topological polar surface area (TPSA) is 93.2 Å². The minimum absolute atomic E-state index is 0.0126. The fourth-order valence-corrected chi connectivity index (χ4v) is 1.52. The summed E-state index contributed by atoms with van der Waals surface area (Å²) in [5.41, 5.74) is 0.0323. The number of rotatable bonds is 5. The number of hydrogen-bond acceptors (Lipinski definition) is 5. The molecule has 1 aromatic carbocycles. The van der Waals surface area contributed by atoms with Crippen LogP contribution in [0.2, 0.25) is 0 Å². The summed E-state index contributed by atoms with van der Waals surface area (Å²) >= 11 is 0. The molecular formula is C12H12N2O4. The highest BCUT2D eigenvalue weighted by atomic mass is 16.6. The molecule has 0 radical (unpaired) electrons. The number of benzene rings is 1. The molecule has 0 aliphatic heterocycles. The zero-order valence-corrected chi connectivity index (χ0v) is 10.0. The summed E-state index contributed by atoms with van der Waals surface area (Å²) in [4.78, 5) is 22.0. The number of carbonyl (C=O) groups is 1. The van der Waals surface area contributed by atoms with Gasteiger partial charge in [-0.2, -0.15) is 5.26 Å². The number of nitrogens with zero attached hydrogens (tertiary/aromatic N) is 2. The van der Waals surface area contributed by atoms with E-state index in [1.54, 1.807) is 6.92 Å². The van der Waals surface area contributed by atoms with Gasteiger partial charge in [0.15, 0.2) is 11.5 Å². The van der Waals surface area contributed by atoms with Crippen LogP contribution in [0.3, 0.4) is 0 Å². The molecule has 1 atom stereocenters. The molecule has 0 heterocycles. The van der Waals surface area contributed by atoms with Gasteiger partial charge in [-0.05, 0) is 18.6 Å². The van der Waals surface area contributed by atoms with E-state index in [0.717, 1.165) is 0 Å². The van der Waals surface area contributed by atoms with Crippen LogP contribution in [0.25, 0.3) is 0 Å². The second-order valence-corrected chi connectivity index (χ2v) is 3.60. The van der Waals surface area contributed by atoms with Crippen LogP contribution in [0.1, 0.15) is 23.7 Å². The van der Waals surface area contributed by atoms with Crippen molar-refractivity contribution < 1.29 is 14.5 Å². The summed E-state index contributed by atoms with van der Waals surface area (Å²) in [5, 5.41) is 19.5. The molecule has 6 heteroatoms. The lowest BCUT2D eigenvalue weighted by molar-refractivity contribution is -0.385. The second-order valence-electron chi connectivity index (χ2n) is 3.60. The molecule has 0 N–H and O–H groups in total. The summed E-state index contributed by atoms with van der Waals surface area (Å²) in [6.07, 6.45) is 0.397. The third kappa shape index (κ3) is 2.63. The van der Waals surface area contributed by atoms with Crippen molar-refractivity contribution in [3.05, 3.63) is 33.9 Å². The number of ketones is 1. The van der Waals surface area contributed by atoms with Crippen molar-refractivity contribution in [1.82, 2.24) is 0 Å². The predicted molar refractivity (Wildman–Crippen MR) is 63.4 cm³/mol. The van der Waals surface area contributed by atoms with Crippen LogP contribution < -0.4 is 4.74 Å². The van der Waals surface area contributed by atoms with Gasteiger partial charge in [-0.25, -0.2) is 0 Å². The maximum Gasteiger partial charge on any atom is 0.310 e. The number of carbonyl (C=O) groups excluding carboxylic acids is 1. The lowest BCUT2D eigenvalue weighted by Crippen LogP contribution is -2.12. The minimum Gasteiger partial charge on any atom is -0.490 e. The molecule has 0 aliphatic rings. The molecule has 18 heavy (non-hydrogen) atoms. The van der Waals surface area contributed by atoms with Crippen molar-refractivity contribution in [3.63, 3.8) is 0 Å². The van der Waals surface area contributed by atoms with Gasteiger partial charge < -0.3 is 4.74 Å². The van der Waals surface area contributed by atoms with Crippen LogP contribution in [-0.4, -0.2) is 17.8 Å². The maximum atomic E-state index is 11.9. The number of Topliss-reactive ketones (excluding diaryl/α,β-unsaturated/α-hetero) is 1. The molecule has 0 saturated heterocycles. The molecular weight excluding hydrogens is 236 g/mol. The summed E-state index contributed by atoms with van der Waals surface area (Å²) in [5.74, 6) is -1.08. The quantitative estimate of drug-likeness (QED) is 0.453. The van der Waals surface area contributed by atoms with E-state index < -0.39 is 10.8 Å². The SMILES string of the molecule is CCC(C#N)C(=O)c1ccc([N+](=O)[O-])c(OC)c1. The molecule has 1 aromatic rings. The van der Waals surface area contributed by atoms with Crippen molar-refractivity contribution in [3.8, 4) is 11.8 Å². The van der Waals surface area contributed by atoms with E-state index in [2.05, 4.69) is 0 Å². The van der Waals surface area contributed by atoms with E-state index in [1.807, 2.05) is 6.07 Å². The molecule has 6 nitrogen and oxygen atoms in total. The van der Waals surface area contributed by atoms with Crippen molar-refractivity contribution in [2.45, 2.75) is 13.3 Å². The first-order valence-electron chi connectivity index (χ1n) is 5.31. The lowest BCUT2D eigenvalue weighted by atomic mass is 9.96. The van der Waals surface area contributed by atoms with E-state index >= 15 is 0 Å². The third-order valence-corrected chi connectivity index (χ3v) is 2.54. The van der Waals surface area contributed by atoms with E-state index in [9.17, 15) is 14.9 Å². The number of nitro groups is 1. The Balaban J connectivity index is 3.18. The summed E-state index contributed by atoms with van der Waals surface area (Å²) in [7, 11) is 1.29. The second kappa shape index (κ2) is 5.77. The highest BCUT2D eigenvalue weighted by Crippen LogP contribution is 2.28. The van der Waals surface area contributed by atoms with Crippen LogP contribution in [0.5, 0.6) is 5.75 Å². The minimum atomic E-state index is -0.740. The number of nitriles is 1. The number of nitro benzene ring substituents is 1. The van der Waals surface area contributed by atoms with E-state index in [1.165, 1.54) is 25.3 Å². The van der Waals surface area contributed by atoms with Crippen molar-refractivity contribution in [1.29, 1.82) is 5.26 Å². The highest BCUT2D eigenvalue weighted by molar-refractivity contribution is 6.00. The van der Waals surface area contributed by atoms with Crippen LogP contribution in [0.15, 0.2) is 18.2 Å². The van der Waals surface area contributed by atoms with E-state index in [-0.39, 0.29) is 22.8 Å². The summed E-state index contributed by atoms with van der Waals surface area (Å²) in [6.45, 7) is 1.73. The lowest BCUT2D eigenvalue weighted by Gasteiger charge is -2.07. The van der Waals surface area contributed by atoms with Gasteiger partial charge in [0.05, 0.1) is 18.1 Å². The van der Waals surface area contributed by atoms with Crippen molar-refractivity contribution in [2.75, 3.05) is 7.11 Å². The zero-order chi connectivity index (χ0) is 13.7. The zero-order valence-electron chi connectivity index (χ0n) is 10.0. The van der Waals surface area contributed by atoms with Crippen LogP contribution in [0, 0.1) is 27.4 Å². The van der Waals surface area contributed by atoms with Gasteiger partial charge >= 0.3 is 5.69 Å². The number of hydrogen-bond donors (Lipinski definition) is 0. The van der Waals surface area contributed by atoms with Crippen LogP contribution in [0.4, 0.5) is 5.69 Å². The van der Waals surface area contributed by atoms with Gasteiger partial charge in [-0.1, -0.05) is 6.92 Å². The smallest absolute Gasteiger partial charge is 0.310 e. The molecule has 1 unspecified atom stereocenters. The molecule has 0 aromatic heterocycles. The van der Waals surface area contributed by atoms with Crippen molar-refractivity contribution >= 4 is 11.5 Å².